The van der Waals surface area contributed by atoms with Crippen LogP contribution in [-0.4, -0.2) is 11.1 Å². The van der Waals surface area contributed by atoms with Crippen molar-refractivity contribution in [2.24, 2.45) is 0 Å². The van der Waals surface area contributed by atoms with Crippen LogP contribution in [0.15, 0.2) is 56.0 Å². The summed E-state index contributed by atoms with van der Waals surface area (Å²) < 4.78 is 0. The van der Waals surface area contributed by atoms with Gasteiger partial charge in [-0.3, -0.25) is 0 Å². The highest BCUT2D eigenvalue weighted by Gasteiger charge is 2.30. The lowest BCUT2D eigenvalue weighted by Crippen LogP contribution is -1.90. The van der Waals surface area contributed by atoms with E-state index in [9.17, 15) is 0 Å². The molecule has 0 spiro atoms. The van der Waals surface area contributed by atoms with Crippen LogP contribution in [0, 0.1) is 0 Å². The molecular formula is C15H14Cl2S. The molecule has 0 aromatic carbocycles. The number of fused-ring (bicyclic) bond motifs is 1. The lowest BCUT2D eigenvalue weighted by atomic mass is 10.0. The van der Waals surface area contributed by atoms with Crippen molar-refractivity contribution in [2.75, 3.05) is 5.75 Å². The zero-order valence-corrected chi connectivity index (χ0v) is 12.5. The van der Waals surface area contributed by atoms with Gasteiger partial charge in [0.1, 0.15) is 0 Å². The van der Waals surface area contributed by atoms with Gasteiger partial charge in [0.2, 0.25) is 0 Å². The fraction of sp³-hybridized carbons (Fsp3) is 0.267. The molecule has 1 aliphatic heterocycles. The van der Waals surface area contributed by atoms with Gasteiger partial charge in [-0.2, -0.15) is 10.5 Å². The van der Waals surface area contributed by atoms with Gasteiger partial charge in [-0.15, -0.1) is 0 Å². The zero-order valence-electron chi connectivity index (χ0n) is 10.2. The van der Waals surface area contributed by atoms with E-state index >= 15 is 0 Å². The predicted molar refractivity (Wildman–Crippen MR) is 84.5 cm³/mol. The maximum absolute atomic E-state index is 6.38. The lowest BCUT2D eigenvalue weighted by Gasteiger charge is -2.06. The number of halogens is 2. The molecule has 1 atom stereocenters. The molecule has 0 nitrogen and oxygen atoms in total. The van der Waals surface area contributed by atoms with E-state index in [-0.39, 0.29) is 10.5 Å². The van der Waals surface area contributed by atoms with Crippen LogP contribution in [0.4, 0.5) is 0 Å². The van der Waals surface area contributed by atoms with E-state index in [0.29, 0.717) is 5.03 Å². The molecule has 3 heteroatoms. The average molecular weight is 297 g/mol. The fourth-order valence-corrected chi connectivity index (χ4v) is 5.26. The molecule has 18 heavy (non-hydrogen) atoms. The second kappa shape index (κ2) is 4.88. The molecule has 0 N–H and O–H groups in total. The molecule has 3 rings (SSSR count). The maximum Gasteiger partial charge on any atom is 0.0682 e. The number of hydrogen-bond donors (Lipinski definition) is 0. The Morgan fingerprint density at radius 2 is 2.17 bits per heavy atom. The minimum Gasteiger partial charge on any atom is -0.153 e. The molecule has 0 saturated heterocycles. The van der Waals surface area contributed by atoms with Crippen LogP contribution in [-0.2, 0) is 0 Å². The SMILES string of the molecule is CCCS1=CC(C2=CC=CC2)=C2C1=CC(Cl)=C2Cl. The third-order valence-corrected chi connectivity index (χ3v) is 6.33. The van der Waals surface area contributed by atoms with Crippen molar-refractivity contribution < 1.29 is 0 Å². The van der Waals surface area contributed by atoms with Gasteiger partial charge in [-0.25, -0.2) is 0 Å². The summed E-state index contributed by atoms with van der Waals surface area (Å²) in [6, 6.07) is 0. The summed E-state index contributed by atoms with van der Waals surface area (Å²) >= 11 is 12.6. The van der Waals surface area contributed by atoms with Crippen LogP contribution in [0.2, 0.25) is 0 Å². The van der Waals surface area contributed by atoms with E-state index in [1.54, 1.807) is 0 Å². The predicted octanol–water partition coefficient (Wildman–Crippen LogP) is 5.25. The Morgan fingerprint density at radius 1 is 1.33 bits per heavy atom. The topological polar surface area (TPSA) is 0 Å². The molecule has 0 aromatic heterocycles. The molecule has 0 aromatic rings. The van der Waals surface area contributed by atoms with Gasteiger partial charge in [0.05, 0.1) is 10.1 Å². The molecular weight excluding hydrogens is 283 g/mol. The van der Waals surface area contributed by atoms with Crippen molar-refractivity contribution >= 4 is 39.1 Å². The Morgan fingerprint density at radius 3 is 2.83 bits per heavy atom. The van der Waals surface area contributed by atoms with E-state index < -0.39 is 0 Å². The van der Waals surface area contributed by atoms with E-state index in [1.165, 1.54) is 33.8 Å². The van der Waals surface area contributed by atoms with Crippen LogP contribution >= 0.6 is 33.7 Å². The monoisotopic (exact) mass is 296 g/mol. The van der Waals surface area contributed by atoms with Crippen molar-refractivity contribution in [2.45, 2.75) is 19.8 Å². The van der Waals surface area contributed by atoms with Crippen LogP contribution in [0.5, 0.6) is 0 Å². The highest BCUT2D eigenvalue weighted by molar-refractivity contribution is 8.19. The minimum absolute atomic E-state index is 0.183. The Hall–Kier alpha value is -0.500. The molecule has 0 radical (unpaired) electrons. The second-order valence-corrected chi connectivity index (χ2v) is 7.26. The summed E-state index contributed by atoms with van der Waals surface area (Å²) in [4.78, 5) is 1.34. The molecule has 0 bridgehead atoms. The summed E-state index contributed by atoms with van der Waals surface area (Å²) in [5.74, 6) is 1.19. The second-order valence-electron chi connectivity index (χ2n) is 4.53. The molecule has 2 aliphatic carbocycles. The molecule has 0 amide bonds. The lowest BCUT2D eigenvalue weighted by molar-refractivity contribution is 1.11. The average Bonchev–Trinajstić information content (AvgIpc) is 3.02. The zero-order chi connectivity index (χ0) is 12.7. The summed E-state index contributed by atoms with van der Waals surface area (Å²) in [6.45, 7) is 2.22. The van der Waals surface area contributed by atoms with Crippen molar-refractivity contribution in [3.63, 3.8) is 0 Å². The quantitative estimate of drug-likeness (QED) is 0.624. The number of rotatable bonds is 3. The van der Waals surface area contributed by atoms with Crippen LogP contribution < -0.4 is 0 Å². The van der Waals surface area contributed by atoms with Gasteiger partial charge in [-0.1, -0.05) is 48.4 Å². The Kier molecular flexibility index (Phi) is 3.40. The molecule has 0 fully saturated rings. The molecule has 3 aliphatic rings. The van der Waals surface area contributed by atoms with Gasteiger partial charge >= 0.3 is 0 Å². The van der Waals surface area contributed by atoms with Gasteiger partial charge in [-0.05, 0) is 41.2 Å². The first kappa shape index (κ1) is 12.5. The number of allylic oxidation sites excluding steroid dienone is 9. The molecule has 0 saturated carbocycles. The van der Waals surface area contributed by atoms with E-state index in [4.69, 9.17) is 23.2 Å². The van der Waals surface area contributed by atoms with Crippen molar-refractivity contribution in [1.29, 1.82) is 0 Å². The van der Waals surface area contributed by atoms with E-state index in [1.807, 2.05) is 0 Å². The summed E-state index contributed by atoms with van der Waals surface area (Å²) in [5, 5.41) is 3.83. The molecule has 1 heterocycles. The van der Waals surface area contributed by atoms with Gasteiger partial charge < -0.3 is 0 Å². The number of hydrogen-bond acceptors (Lipinski definition) is 0. The van der Waals surface area contributed by atoms with Crippen LogP contribution in [0.1, 0.15) is 19.8 Å². The third kappa shape index (κ3) is 1.89. The standard InChI is InChI=1S/C15H14Cl2S/c1-2-7-18-9-11(10-5-3-4-6-10)14-13(18)8-12(16)15(14)17/h3-5,8-9H,2,6-7H2,1H3. The Balaban J connectivity index is 2.08. The first-order valence-electron chi connectivity index (χ1n) is 6.15. The third-order valence-electron chi connectivity index (χ3n) is 3.29. The maximum atomic E-state index is 6.38. The Labute approximate surface area is 120 Å². The van der Waals surface area contributed by atoms with E-state index in [0.717, 1.165) is 11.5 Å². The van der Waals surface area contributed by atoms with Crippen molar-refractivity contribution in [1.82, 2.24) is 0 Å². The molecule has 1 unspecified atom stereocenters. The summed E-state index contributed by atoms with van der Waals surface area (Å²) in [7, 11) is 0.183. The first-order valence-corrected chi connectivity index (χ1v) is 8.36. The van der Waals surface area contributed by atoms with Crippen LogP contribution in [0.3, 0.4) is 0 Å². The summed E-state index contributed by atoms with van der Waals surface area (Å²) in [5.41, 5.74) is 3.86. The fourth-order valence-electron chi connectivity index (χ4n) is 2.47. The van der Waals surface area contributed by atoms with E-state index in [2.05, 4.69) is 36.6 Å². The van der Waals surface area contributed by atoms with Crippen molar-refractivity contribution in [3.8, 4) is 0 Å². The normalized spacial score (nSPS) is 25.6. The highest BCUT2D eigenvalue weighted by Crippen LogP contribution is 2.51. The highest BCUT2D eigenvalue weighted by atomic mass is 35.5. The summed E-state index contributed by atoms with van der Waals surface area (Å²) in [6.07, 6.45) is 10.7. The van der Waals surface area contributed by atoms with Gasteiger partial charge in [0.15, 0.2) is 0 Å². The Bertz CT molecular complexity index is 598. The van der Waals surface area contributed by atoms with Crippen molar-refractivity contribution in [3.05, 3.63) is 56.0 Å². The smallest absolute Gasteiger partial charge is 0.0682 e. The molecule has 94 valence electrons. The minimum atomic E-state index is 0.183. The van der Waals surface area contributed by atoms with Crippen LogP contribution in [0.25, 0.3) is 0 Å². The first-order chi connectivity index (χ1) is 8.72. The largest absolute Gasteiger partial charge is 0.153 e. The van der Waals surface area contributed by atoms with Gasteiger partial charge in [0.25, 0.3) is 0 Å². The van der Waals surface area contributed by atoms with Gasteiger partial charge in [0, 0.05) is 10.5 Å².